The van der Waals surface area contributed by atoms with Gasteiger partial charge < -0.3 is 42.3 Å². The Labute approximate surface area is 648 Å². The van der Waals surface area contributed by atoms with Gasteiger partial charge in [-0.25, -0.2) is 24.3 Å². The standard InChI is InChI=1S/C21H14ClF3N2O2.2C21H14ClF3N2O.C21H14F4N2O/c1-12-19(13-5-3-2-4-6-13)27-20(26-12)17-10-9-16(28-17)14-7-8-15(22)18(11-14)29-21(23,24)25;1-12-19(13-5-3-2-4-6-13)27-20(26-12)18-10-9-17(28-18)15-11-14(21(23,24)25)7-8-16(15)22;1-12-19(13-5-3-2-4-6-13)27-20(26-12)18-10-9-17(28-18)14-7-8-16(22)15(11-14)21(23,24)25;1-12-19(13-5-7-16(22)8-6-13)27-20(26-12)18-10-9-17(28-18)14-3-2-4-15(11-14)21(23,24)25/h2-11H,1H3,(H,26,27);3*2-11H,1H3,(H,26,27). The van der Waals surface area contributed by atoms with E-state index in [2.05, 4.69) is 44.6 Å². The molecule has 0 saturated carbocycles. The third-order valence-electron chi connectivity index (χ3n) is 17.2. The van der Waals surface area contributed by atoms with E-state index < -0.39 is 47.3 Å². The molecule has 0 aliphatic heterocycles. The van der Waals surface area contributed by atoms with Gasteiger partial charge in [-0.3, -0.25) is 0 Å². The van der Waals surface area contributed by atoms with Gasteiger partial charge in [-0.2, -0.15) is 39.5 Å². The first-order chi connectivity index (χ1) is 53.8. The highest BCUT2D eigenvalue weighted by Gasteiger charge is 2.36. The van der Waals surface area contributed by atoms with Crippen LogP contribution in [0.2, 0.25) is 15.1 Å². The highest BCUT2D eigenvalue weighted by molar-refractivity contribution is 6.33. The molecule has 0 fully saturated rings. The molecule has 4 N–H and O–H groups in total. The number of hydrogen-bond acceptors (Lipinski definition) is 9. The zero-order valence-electron chi connectivity index (χ0n) is 59.0. The van der Waals surface area contributed by atoms with Crippen LogP contribution in [0.1, 0.15) is 39.5 Å². The fraction of sp³-hybridized carbons (Fsp3) is 0.0952. The maximum absolute atomic E-state index is 13.1. The van der Waals surface area contributed by atoms with Crippen molar-refractivity contribution in [1.82, 2.24) is 39.9 Å². The summed E-state index contributed by atoms with van der Waals surface area (Å²) in [4.78, 5) is 30.8. The molecular weight excluding hydrogens is 1550 g/mol. The Morgan fingerprint density at radius 1 is 0.301 bits per heavy atom. The van der Waals surface area contributed by atoms with Crippen LogP contribution in [-0.2, 0) is 18.5 Å². The van der Waals surface area contributed by atoms with Crippen molar-refractivity contribution in [2.45, 2.75) is 52.6 Å². The third-order valence-corrected chi connectivity index (χ3v) is 18.2. The molecule has 8 aromatic heterocycles. The zero-order valence-corrected chi connectivity index (χ0v) is 61.2. The first kappa shape index (κ1) is 78.6. The summed E-state index contributed by atoms with van der Waals surface area (Å²) in [6.07, 6.45) is -18.3. The van der Waals surface area contributed by atoms with Crippen molar-refractivity contribution in [3.63, 3.8) is 0 Å². The number of halogens is 16. The van der Waals surface area contributed by atoms with Crippen LogP contribution in [0.5, 0.6) is 5.75 Å². The number of H-pyrrole nitrogens is 4. The van der Waals surface area contributed by atoms with Gasteiger partial charge in [0.1, 0.15) is 34.6 Å². The second-order valence-electron chi connectivity index (χ2n) is 25.2. The lowest BCUT2D eigenvalue weighted by atomic mass is 10.1. The number of benzene rings is 8. The van der Waals surface area contributed by atoms with Gasteiger partial charge in [0.25, 0.3) is 0 Å². The van der Waals surface area contributed by atoms with Gasteiger partial charge in [-0.15, -0.1) is 13.2 Å². The highest BCUT2D eigenvalue weighted by Crippen LogP contribution is 2.43. The summed E-state index contributed by atoms with van der Waals surface area (Å²) in [6, 6.07) is 63.9. The number of ether oxygens (including phenoxy) is 1. The molecule has 0 spiro atoms. The first-order valence-corrected chi connectivity index (χ1v) is 35.0. The molecule has 13 nitrogen and oxygen atoms in total. The molecule has 0 bridgehead atoms. The SMILES string of the molecule is Cc1[nH]c(-c2ccc(-c3cc(C(F)(F)F)ccc3Cl)o2)nc1-c1ccccc1.Cc1[nH]c(-c2ccc(-c3ccc(Cl)c(C(F)(F)F)c3)o2)nc1-c1ccccc1.Cc1[nH]c(-c2ccc(-c3ccc(Cl)c(OC(F)(F)F)c3)o2)nc1-c1ccccc1.Cc1[nH]c(-c2ccc(-c3cccc(C(F)(F)F)c3)o2)nc1-c1ccc(F)cc1. The fourth-order valence-electron chi connectivity index (χ4n) is 11.8. The van der Waals surface area contributed by atoms with E-state index in [-0.39, 0.29) is 37.8 Å². The molecule has 8 heterocycles. The monoisotopic (exact) mass is 1610 g/mol. The van der Waals surface area contributed by atoms with Crippen molar-refractivity contribution in [3.8, 4) is 142 Å². The van der Waals surface area contributed by atoms with Crippen molar-refractivity contribution in [2.75, 3.05) is 0 Å². The number of aryl methyl sites for hydroxylation is 4. The number of aromatic nitrogens is 8. The number of nitrogens with one attached hydrogen (secondary N) is 4. The fourth-order valence-corrected chi connectivity index (χ4v) is 12.4. The topological polar surface area (TPSA) is 177 Å². The second-order valence-corrected chi connectivity index (χ2v) is 26.4. The zero-order chi connectivity index (χ0) is 80.3. The lowest BCUT2D eigenvalue weighted by Gasteiger charge is -2.11. The largest absolute Gasteiger partial charge is 0.573 e. The molecule has 0 aliphatic carbocycles. The molecule has 0 radical (unpaired) electrons. The summed E-state index contributed by atoms with van der Waals surface area (Å²) in [6.45, 7) is 7.53. The van der Waals surface area contributed by atoms with Crippen LogP contribution in [0.25, 0.3) is 137 Å². The van der Waals surface area contributed by atoms with Gasteiger partial charge in [0.2, 0.25) is 0 Å². The van der Waals surface area contributed by atoms with Crippen molar-refractivity contribution < 1.29 is 79.5 Å². The predicted molar refractivity (Wildman–Crippen MR) is 404 cm³/mol. The number of alkyl halides is 12. The number of nitrogens with zero attached hydrogens (tertiary/aromatic N) is 4. The summed E-state index contributed by atoms with van der Waals surface area (Å²) in [7, 11) is 0. The summed E-state index contributed by atoms with van der Waals surface area (Å²) in [5.74, 6) is 4.02. The van der Waals surface area contributed by atoms with Gasteiger partial charge in [0.15, 0.2) is 46.3 Å². The molecule has 16 aromatic rings. The van der Waals surface area contributed by atoms with Gasteiger partial charge in [0.05, 0.1) is 54.5 Å². The molecule has 574 valence electrons. The molecular formula is C84H56Cl3F13N8O5. The Balaban J connectivity index is 0.000000132. The van der Waals surface area contributed by atoms with Crippen LogP contribution in [0.4, 0.5) is 57.1 Å². The van der Waals surface area contributed by atoms with Gasteiger partial charge >= 0.3 is 24.9 Å². The summed E-state index contributed by atoms with van der Waals surface area (Å²) in [5, 5.41) is -0.321. The van der Waals surface area contributed by atoms with Crippen LogP contribution in [0, 0.1) is 33.5 Å². The molecule has 0 saturated heterocycles. The number of furan rings is 4. The predicted octanol–water partition coefficient (Wildman–Crippen LogP) is 27.3. The van der Waals surface area contributed by atoms with E-state index >= 15 is 0 Å². The molecule has 113 heavy (non-hydrogen) atoms. The van der Waals surface area contributed by atoms with E-state index in [9.17, 15) is 57.1 Å². The maximum Gasteiger partial charge on any atom is 0.573 e. The molecule has 0 atom stereocenters. The van der Waals surface area contributed by atoms with E-state index in [1.807, 2.05) is 119 Å². The van der Waals surface area contributed by atoms with Crippen LogP contribution in [0.15, 0.2) is 260 Å². The molecule has 8 aromatic carbocycles. The Morgan fingerprint density at radius 2 is 0.628 bits per heavy atom. The lowest BCUT2D eigenvalue weighted by molar-refractivity contribution is -0.274. The normalized spacial score (nSPS) is 11.7. The number of imidazole rings is 4. The van der Waals surface area contributed by atoms with Crippen LogP contribution in [0.3, 0.4) is 0 Å². The van der Waals surface area contributed by atoms with Crippen molar-refractivity contribution >= 4 is 34.8 Å². The third kappa shape index (κ3) is 18.6. The summed E-state index contributed by atoms with van der Waals surface area (Å²) >= 11 is 17.6. The Morgan fingerprint density at radius 3 is 1.03 bits per heavy atom. The van der Waals surface area contributed by atoms with E-state index in [1.54, 1.807) is 72.8 Å². The smallest absolute Gasteiger partial charge is 0.453 e. The lowest BCUT2D eigenvalue weighted by Crippen LogP contribution is -2.17. The second kappa shape index (κ2) is 32.4. The Hall–Kier alpha value is -12.5. The quantitative estimate of drug-likeness (QED) is 0.0818. The van der Waals surface area contributed by atoms with Gasteiger partial charge in [-0.1, -0.05) is 138 Å². The minimum atomic E-state index is -4.84. The van der Waals surface area contributed by atoms with E-state index in [4.69, 9.17) is 52.5 Å². The number of hydrogen-bond donors (Lipinski definition) is 4. The van der Waals surface area contributed by atoms with Crippen molar-refractivity contribution in [1.29, 1.82) is 0 Å². The van der Waals surface area contributed by atoms with Crippen LogP contribution >= 0.6 is 34.8 Å². The maximum atomic E-state index is 13.1. The molecule has 29 heteroatoms. The van der Waals surface area contributed by atoms with Crippen molar-refractivity contribution in [3.05, 3.63) is 303 Å². The highest BCUT2D eigenvalue weighted by atomic mass is 35.5. The Bertz CT molecular complexity index is 5990. The molecule has 0 aliphatic rings. The minimum Gasteiger partial charge on any atom is -0.453 e. The summed E-state index contributed by atoms with van der Waals surface area (Å²) < 4.78 is 195. The average molecular weight is 1610 g/mol. The number of aromatic amines is 4. The van der Waals surface area contributed by atoms with Crippen LogP contribution in [-0.4, -0.2) is 46.2 Å². The molecule has 16 rings (SSSR count). The van der Waals surface area contributed by atoms with E-state index in [1.165, 1.54) is 48.5 Å². The van der Waals surface area contributed by atoms with Gasteiger partial charge in [-0.05, 0) is 167 Å². The molecule has 0 amide bonds. The molecule has 0 unspecified atom stereocenters. The van der Waals surface area contributed by atoms with E-state index in [0.717, 1.165) is 92.4 Å². The average Bonchev–Trinajstić information content (AvgIpc) is 1.70. The number of rotatable bonds is 13. The summed E-state index contributed by atoms with van der Waals surface area (Å²) in [5.41, 5.74) is 8.75. The van der Waals surface area contributed by atoms with Gasteiger partial charge in [0, 0.05) is 67.3 Å². The first-order valence-electron chi connectivity index (χ1n) is 33.8. The van der Waals surface area contributed by atoms with Crippen LogP contribution < -0.4 is 4.74 Å². The van der Waals surface area contributed by atoms with Crippen molar-refractivity contribution in [2.24, 2.45) is 0 Å². The minimum absolute atomic E-state index is 0.146. The van der Waals surface area contributed by atoms with E-state index in [0.29, 0.717) is 80.4 Å². The Kier molecular flexibility index (Phi) is 22.6.